The lowest BCUT2D eigenvalue weighted by atomic mass is 9.55. The summed E-state index contributed by atoms with van der Waals surface area (Å²) in [4.78, 5) is 0. The molecule has 5 N–H and O–H groups in total. The highest BCUT2D eigenvalue weighted by Crippen LogP contribution is 2.61. The molecule has 6 nitrogen and oxygen atoms in total. The van der Waals surface area contributed by atoms with Gasteiger partial charge in [-0.1, -0.05) is 31.2 Å². The van der Waals surface area contributed by atoms with Gasteiger partial charge in [0.05, 0.1) is 11.8 Å². The summed E-state index contributed by atoms with van der Waals surface area (Å²) < 4.78 is 0. The van der Waals surface area contributed by atoms with Gasteiger partial charge in [-0.15, -0.1) is 0 Å². The van der Waals surface area contributed by atoms with Gasteiger partial charge in [-0.25, -0.2) is 0 Å². The van der Waals surface area contributed by atoms with Crippen molar-refractivity contribution in [2.75, 3.05) is 5.32 Å². The first-order valence-corrected chi connectivity index (χ1v) is 14.7. The minimum absolute atomic E-state index is 0.0367. The molecule has 0 aliphatic heterocycles. The number of anilines is 1. The van der Waals surface area contributed by atoms with Crippen molar-refractivity contribution < 1.29 is 15.3 Å². The van der Waals surface area contributed by atoms with Gasteiger partial charge in [0.25, 0.3) is 0 Å². The van der Waals surface area contributed by atoms with Crippen molar-refractivity contribution in [3.05, 3.63) is 89.0 Å². The molecule has 7 heteroatoms. The zero-order chi connectivity index (χ0) is 27.9. The number of rotatable bonds is 5. The minimum atomic E-state index is -0.186. The number of aliphatic hydroxyl groups is 1. The second-order valence-electron chi connectivity index (χ2n) is 11.9. The zero-order valence-corrected chi connectivity index (χ0v) is 23.6. The van der Waals surface area contributed by atoms with Crippen LogP contribution in [0.25, 0.3) is 0 Å². The van der Waals surface area contributed by atoms with E-state index in [0.29, 0.717) is 35.0 Å². The van der Waals surface area contributed by atoms with E-state index in [1.54, 1.807) is 12.1 Å². The first-order chi connectivity index (χ1) is 19.3. The summed E-state index contributed by atoms with van der Waals surface area (Å²) in [6, 6.07) is 20.7. The van der Waals surface area contributed by atoms with Crippen molar-refractivity contribution >= 4 is 28.7 Å². The Hall–Kier alpha value is -3.42. The van der Waals surface area contributed by atoms with Crippen LogP contribution in [0, 0.1) is 17.3 Å². The Morgan fingerprint density at radius 1 is 1.00 bits per heavy atom. The maximum atomic E-state index is 11.1. The summed E-state index contributed by atoms with van der Waals surface area (Å²) >= 11 is 5.48. The van der Waals surface area contributed by atoms with E-state index in [0.717, 1.165) is 55.3 Å². The van der Waals surface area contributed by atoms with Gasteiger partial charge in [0, 0.05) is 17.7 Å². The lowest BCUT2D eigenvalue weighted by molar-refractivity contribution is -0.0226. The molecule has 0 radical (unpaired) electrons. The monoisotopic (exact) mass is 555 g/mol. The van der Waals surface area contributed by atoms with Gasteiger partial charge in [-0.05, 0) is 133 Å². The molecular formula is C33H37N3O3S. The number of phenolic OH excluding ortho intramolecular Hbond substituents is 2. The minimum Gasteiger partial charge on any atom is -0.508 e. The molecule has 0 spiro atoms. The van der Waals surface area contributed by atoms with Gasteiger partial charge >= 0.3 is 0 Å². The molecule has 0 aromatic heterocycles. The number of fused-ring (bicyclic) bond motifs is 5. The number of aryl methyl sites for hydroxylation is 1. The van der Waals surface area contributed by atoms with Crippen molar-refractivity contribution in [3.8, 4) is 11.5 Å². The van der Waals surface area contributed by atoms with Crippen LogP contribution in [0.2, 0.25) is 0 Å². The molecule has 0 unspecified atom stereocenters. The van der Waals surface area contributed by atoms with Gasteiger partial charge < -0.3 is 20.6 Å². The number of thiocarbonyl (C=S) groups is 1. The lowest BCUT2D eigenvalue weighted by Crippen LogP contribution is -2.43. The van der Waals surface area contributed by atoms with Crippen LogP contribution >= 0.6 is 12.2 Å². The molecule has 5 atom stereocenters. The Morgan fingerprint density at radius 2 is 1.77 bits per heavy atom. The summed E-state index contributed by atoms with van der Waals surface area (Å²) in [5, 5.41) is 39.9. The number of hydrazone groups is 1. The largest absolute Gasteiger partial charge is 0.508 e. The van der Waals surface area contributed by atoms with Gasteiger partial charge in [0.2, 0.25) is 0 Å². The maximum Gasteiger partial charge on any atom is 0.191 e. The number of aliphatic hydroxyl groups excluding tert-OH is 1. The standard InChI is InChI=1S/C33H37N3O3S/c1-33-16-15-25-26(28(33)13-14-31(33)39)12-9-21-19-30(38)22(17-27(21)25)18-29(20-7-10-24(37)11-8-20)35-36-32(40)34-23-5-3-2-4-6-23/h2-8,10-11,17,19,25-26,28,31,37-39H,9,12-16,18H2,1H3,(H2,34,36,40)/b35-29+/t25-,26+,28-,31-,33-/m0/s1. The second kappa shape index (κ2) is 10.9. The van der Waals surface area contributed by atoms with E-state index in [1.165, 1.54) is 11.1 Å². The highest BCUT2D eigenvalue weighted by Gasteiger charge is 2.54. The van der Waals surface area contributed by atoms with Crippen LogP contribution in [0.15, 0.2) is 71.8 Å². The van der Waals surface area contributed by atoms with Crippen LogP contribution in [0.5, 0.6) is 11.5 Å². The van der Waals surface area contributed by atoms with Crippen LogP contribution < -0.4 is 10.7 Å². The quantitative estimate of drug-likeness (QED) is 0.145. The van der Waals surface area contributed by atoms with Crippen molar-refractivity contribution in [2.24, 2.45) is 22.4 Å². The highest BCUT2D eigenvalue weighted by atomic mass is 32.1. The number of hydrogen-bond donors (Lipinski definition) is 5. The Kier molecular flexibility index (Phi) is 7.27. The molecule has 0 amide bonds. The highest BCUT2D eigenvalue weighted by molar-refractivity contribution is 7.80. The first kappa shape index (κ1) is 26.8. The SMILES string of the molecule is C[C@]12CC[C@@H]3c4cc(C/C(=N\NC(=S)Nc5ccccc5)c5ccc(O)cc5)c(O)cc4CC[C@H]3[C@@H]1CC[C@@H]2O. The Bertz CT molecular complexity index is 1420. The molecule has 2 saturated carbocycles. The van der Waals surface area contributed by atoms with Crippen LogP contribution in [0.1, 0.15) is 67.2 Å². The van der Waals surface area contributed by atoms with Gasteiger partial charge in [0.1, 0.15) is 11.5 Å². The van der Waals surface area contributed by atoms with Crippen molar-refractivity contribution in [2.45, 2.75) is 63.9 Å². The fraction of sp³-hybridized carbons (Fsp3) is 0.394. The molecule has 40 heavy (non-hydrogen) atoms. The zero-order valence-electron chi connectivity index (χ0n) is 22.8. The van der Waals surface area contributed by atoms with E-state index >= 15 is 0 Å². The molecule has 3 aliphatic carbocycles. The molecule has 0 heterocycles. The van der Waals surface area contributed by atoms with Crippen molar-refractivity contribution in [1.29, 1.82) is 0 Å². The molecule has 0 bridgehead atoms. The van der Waals surface area contributed by atoms with E-state index in [4.69, 9.17) is 12.2 Å². The molecule has 3 aliphatic rings. The summed E-state index contributed by atoms with van der Waals surface area (Å²) in [6.45, 7) is 2.30. The molecule has 6 rings (SSSR count). The van der Waals surface area contributed by atoms with Gasteiger partial charge in [-0.3, -0.25) is 5.43 Å². The number of aromatic hydroxyl groups is 2. The van der Waals surface area contributed by atoms with E-state index in [9.17, 15) is 15.3 Å². The van der Waals surface area contributed by atoms with Crippen LogP contribution in [-0.4, -0.2) is 32.2 Å². The lowest BCUT2D eigenvalue weighted by Gasteiger charge is -2.50. The third-order valence-corrected chi connectivity index (χ3v) is 9.95. The fourth-order valence-corrected chi connectivity index (χ4v) is 7.77. The van der Waals surface area contributed by atoms with E-state index in [-0.39, 0.29) is 23.0 Å². The number of hydrogen-bond acceptors (Lipinski definition) is 5. The molecule has 3 aromatic rings. The van der Waals surface area contributed by atoms with E-state index < -0.39 is 0 Å². The normalized spacial score (nSPS) is 27.3. The number of benzene rings is 3. The Labute approximate surface area is 241 Å². The first-order valence-electron chi connectivity index (χ1n) is 14.3. The van der Waals surface area contributed by atoms with E-state index in [2.05, 4.69) is 28.8 Å². The number of nitrogens with one attached hydrogen (secondary N) is 2. The second-order valence-corrected chi connectivity index (χ2v) is 12.4. The Morgan fingerprint density at radius 3 is 2.55 bits per heavy atom. The fourth-order valence-electron chi connectivity index (χ4n) is 7.61. The van der Waals surface area contributed by atoms with Gasteiger partial charge in [0.15, 0.2) is 5.11 Å². The van der Waals surface area contributed by atoms with Gasteiger partial charge in [-0.2, -0.15) is 5.10 Å². The predicted molar refractivity (Wildman–Crippen MR) is 163 cm³/mol. The smallest absolute Gasteiger partial charge is 0.191 e. The summed E-state index contributed by atoms with van der Waals surface area (Å²) in [5.41, 5.74) is 8.83. The topological polar surface area (TPSA) is 97.1 Å². The summed E-state index contributed by atoms with van der Waals surface area (Å²) in [6.07, 6.45) is 6.46. The molecule has 0 saturated heterocycles. The van der Waals surface area contributed by atoms with Crippen molar-refractivity contribution in [3.63, 3.8) is 0 Å². The molecule has 3 aromatic carbocycles. The summed E-state index contributed by atoms with van der Waals surface area (Å²) in [5.74, 6) is 2.06. The van der Waals surface area contributed by atoms with Crippen LogP contribution in [-0.2, 0) is 12.8 Å². The Balaban J connectivity index is 1.28. The van der Waals surface area contributed by atoms with Crippen LogP contribution in [0.3, 0.4) is 0 Å². The summed E-state index contributed by atoms with van der Waals surface area (Å²) in [7, 11) is 0. The molecule has 208 valence electrons. The van der Waals surface area contributed by atoms with E-state index in [1.807, 2.05) is 48.5 Å². The number of phenols is 2. The molecule has 2 fully saturated rings. The average Bonchev–Trinajstić information content (AvgIpc) is 3.26. The maximum absolute atomic E-state index is 11.1. The number of nitrogens with zero attached hydrogens (tertiary/aromatic N) is 1. The third-order valence-electron chi connectivity index (χ3n) is 9.76. The van der Waals surface area contributed by atoms with Crippen LogP contribution in [0.4, 0.5) is 5.69 Å². The third kappa shape index (κ3) is 5.08. The average molecular weight is 556 g/mol. The van der Waals surface area contributed by atoms with Crippen molar-refractivity contribution in [1.82, 2.24) is 5.43 Å². The predicted octanol–water partition coefficient (Wildman–Crippen LogP) is 6.25. The molecular weight excluding hydrogens is 518 g/mol. The number of para-hydroxylation sites is 1.